The summed E-state index contributed by atoms with van der Waals surface area (Å²) in [6.45, 7) is 11.3. The van der Waals surface area contributed by atoms with Gasteiger partial charge < -0.3 is 19.5 Å². The summed E-state index contributed by atoms with van der Waals surface area (Å²) in [6.07, 6.45) is 1.84. The molecule has 1 aliphatic rings. The minimum atomic E-state index is -0.0848. The highest BCUT2D eigenvalue weighted by molar-refractivity contribution is 7.80. The van der Waals surface area contributed by atoms with Crippen molar-refractivity contribution in [3.05, 3.63) is 107 Å². The molecule has 0 amide bonds. The highest BCUT2D eigenvalue weighted by atomic mass is 32.1. The van der Waals surface area contributed by atoms with E-state index in [1.54, 1.807) is 0 Å². The van der Waals surface area contributed by atoms with Crippen LogP contribution in [-0.2, 0) is 0 Å². The smallest absolute Gasteiger partial charge is 0.174 e. The highest BCUT2D eigenvalue weighted by Crippen LogP contribution is 2.44. The topological polar surface area (TPSA) is 42.3 Å². The molecular weight excluding hydrogens is 464 g/mol. The molecule has 36 heavy (non-hydrogen) atoms. The molecule has 4 aromatic rings. The fraction of sp³-hybridized carbons (Fsp3) is 0.267. The van der Waals surface area contributed by atoms with E-state index in [-0.39, 0.29) is 12.1 Å². The van der Waals surface area contributed by atoms with Gasteiger partial charge in [0.15, 0.2) is 5.11 Å². The monoisotopic (exact) mass is 496 g/mol. The number of anilines is 1. The first-order chi connectivity index (χ1) is 17.4. The summed E-state index contributed by atoms with van der Waals surface area (Å²) in [5.74, 6) is 0.852. The van der Waals surface area contributed by atoms with Crippen molar-refractivity contribution < 1.29 is 4.74 Å². The molecule has 0 bridgehead atoms. The second-order valence-corrected chi connectivity index (χ2v) is 9.82. The van der Waals surface area contributed by atoms with Gasteiger partial charge in [-0.2, -0.15) is 0 Å². The summed E-state index contributed by atoms with van der Waals surface area (Å²) < 4.78 is 8.03. The average Bonchev–Trinajstić information content (AvgIpc) is 3.35. The van der Waals surface area contributed by atoms with Gasteiger partial charge in [0, 0.05) is 29.0 Å². The van der Waals surface area contributed by atoms with Gasteiger partial charge in [0.1, 0.15) is 5.75 Å². The molecular formula is C30H32N4OS. The molecule has 1 aliphatic heterocycles. The van der Waals surface area contributed by atoms with Crippen molar-refractivity contribution in [2.24, 2.45) is 0 Å². The van der Waals surface area contributed by atoms with Gasteiger partial charge in [-0.25, -0.2) is 0 Å². The molecule has 0 spiro atoms. The minimum absolute atomic E-state index is 0.0591. The Morgan fingerprint density at radius 2 is 1.64 bits per heavy atom. The van der Waals surface area contributed by atoms with E-state index in [9.17, 15) is 0 Å². The van der Waals surface area contributed by atoms with Crippen molar-refractivity contribution in [1.82, 2.24) is 14.9 Å². The third kappa shape index (κ3) is 4.37. The van der Waals surface area contributed by atoms with Crippen molar-refractivity contribution in [3.63, 3.8) is 0 Å². The second-order valence-electron chi connectivity index (χ2n) is 9.43. The van der Waals surface area contributed by atoms with E-state index in [0.29, 0.717) is 11.7 Å². The number of benzene rings is 2. The Hall–Kier alpha value is -3.64. The number of rotatable bonds is 6. The Morgan fingerprint density at radius 3 is 2.28 bits per heavy atom. The molecule has 1 saturated heterocycles. The van der Waals surface area contributed by atoms with E-state index in [2.05, 4.69) is 84.9 Å². The van der Waals surface area contributed by atoms with Gasteiger partial charge in [-0.05, 0) is 118 Å². The van der Waals surface area contributed by atoms with Crippen LogP contribution in [0.2, 0.25) is 0 Å². The maximum atomic E-state index is 5.92. The van der Waals surface area contributed by atoms with Crippen LogP contribution in [0.4, 0.5) is 5.69 Å². The zero-order valence-electron chi connectivity index (χ0n) is 21.4. The first kappa shape index (κ1) is 24.1. The molecule has 5 rings (SSSR count). The van der Waals surface area contributed by atoms with Gasteiger partial charge in [0.2, 0.25) is 0 Å². The lowest BCUT2D eigenvalue weighted by molar-refractivity contribution is 0.340. The van der Waals surface area contributed by atoms with Gasteiger partial charge >= 0.3 is 0 Å². The first-order valence-electron chi connectivity index (χ1n) is 12.4. The van der Waals surface area contributed by atoms with Crippen LogP contribution >= 0.6 is 12.2 Å². The van der Waals surface area contributed by atoms with Crippen LogP contribution in [-0.4, -0.2) is 21.3 Å². The molecule has 1 fully saturated rings. The molecule has 2 atom stereocenters. The quantitative estimate of drug-likeness (QED) is 0.302. The molecule has 3 heterocycles. The number of pyridine rings is 1. The predicted molar refractivity (Wildman–Crippen MR) is 150 cm³/mol. The van der Waals surface area contributed by atoms with Gasteiger partial charge in [-0.15, -0.1) is 0 Å². The van der Waals surface area contributed by atoms with Gasteiger partial charge in [-0.1, -0.05) is 12.1 Å². The van der Waals surface area contributed by atoms with Gasteiger partial charge in [-0.3, -0.25) is 4.98 Å². The van der Waals surface area contributed by atoms with Crippen molar-refractivity contribution in [1.29, 1.82) is 0 Å². The van der Waals surface area contributed by atoms with E-state index in [4.69, 9.17) is 21.9 Å². The summed E-state index contributed by atoms with van der Waals surface area (Å²) in [7, 11) is 0. The Balaban J connectivity index is 1.65. The van der Waals surface area contributed by atoms with E-state index in [1.165, 1.54) is 33.8 Å². The molecule has 0 unspecified atom stereocenters. The number of aryl methyl sites for hydroxylation is 3. The van der Waals surface area contributed by atoms with Crippen molar-refractivity contribution in [2.75, 3.05) is 11.5 Å². The van der Waals surface area contributed by atoms with Crippen LogP contribution < -0.4 is 15.0 Å². The lowest BCUT2D eigenvalue weighted by Gasteiger charge is -2.28. The predicted octanol–water partition coefficient (Wildman–Crippen LogP) is 6.68. The van der Waals surface area contributed by atoms with Crippen LogP contribution in [0.15, 0.2) is 72.9 Å². The zero-order chi connectivity index (χ0) is 25.4. The average molecular weight is 497 g/mol. The largest absolute Gasteiger partial charge is 0.494 e. The number of nitrogens with zero attached hydrogens (tertiary/aromatic N) is 3. The molecule has 6 heteroatoms. The zero-order valence-corrected chi connectivity index (χ0v) is 22.3. The number of aromatic nitrogens is 2. The molecule has 2 aromatic carbocycles. The lowest BCUT2D eigenvalue weighted by atomic mass is 9.96. The highest BCUT2D eigenvalue weighted by Gasteiger charge is 2.42. The minimum Gasteiger partial charge on any atom is -0.494 e. The maximum Gasteiger partial charge on any atom is 0.174 e. The normalized spacial score (nSPS) is 17.4. The van der Waals surface area contributed by atoms with E-state index in [1.807, 2.05) is 37.4 Å². The second kappa shape index (κ2) is 9.78. The molecule has 5 nitrogen and oxygen atoms in total. The van der Waals surface area contributed by atoms with Crippen LogP contribution in [0, 0.1) is 27.7 Å². The van der Waals surface area contributed by atoms with Gasteiger partial charge in [0.25, 0.3) is 0 Å². The maximum absolute atomic E-state index is 5.92. The molecule has 1 N–H and O–H groups in total. The third-order valence-corrected chi connectivity index (χ3v) is 7.09. The Morgan fingerprint density at radius 1 is 0.917 bits per heavy atom. The fourth-order valence-corrected chi connectivity index (χ4v) is 5.73. The number of nitrogens with one attached hydrogen (secondary N) is 1. The van der Waals surface area contributed by atoms with Crippen molar-refractivity contribution in [2.45, 2.75) is 46.7 Å². The molecule has 0 aliphatic carbocycles. The number of hydrogen-bond acceptors (Lipinski definition) is 3. The van der Waals surface area contributed by atoms with Crippen LogP contribution in [0.3, 0.4) is 0 Å². The molecule has 0 radical (unpaired) electrons. The van der Waals surface area contributed by atoms with E-state index in [0.717, 1.165) is 17.1 Å². The summed E-state index contributed by atoms with van der Waals surface area (Å²) in [6, 6.07) is 23.1. The third-order valence-electron chi connectivity index (χ3n) is 6.78. The van der Waals surface area contributed by atoms with Gasteiger partial charge in [0.05, 0.1) is 24.4 Å². The van der Waals surface area contributed by atoms with Crippen LogP contribution in [0.25, 0.3) is 5.69 Å². The molecule has 2 aromatic heterocycles. The Kier molecular flexibility index (Phi) is 6.54. The van der Waals surface area contributed by atoms with Crippen molar-refractivity contribution >= 4 is 23.0 Å². The number of hydrogen-bond donors (Lipinski definition) is 1. The number of thiocarbonyl (C=S) groups is 1. The Labute approximate surface area is 218 Å². The summed E-state index contributed by atoms with van der Waals surface area (Å²) in [5, 5.41) is 4.27. The van der Waals surface area contributed by atoms with Crippen molar-refractivity contribution in [3.8, 4) is 11.4 Å². The van der Waals surface area contributed by atoms with Crippen LogP contribution in [0.1, 0.15) is 52.8 Å². The molecule has 184 valence electrons. The standard InChI is InChI=1S/C30H32N4OS/c1-6-35-25-12-10-23(11-13-25)34-29(28(32-30(34)36)27-9-7-8-14-31-27)26-18-21(4)33(22(26)5)24-16-19(2)15-20(3)17-24/h7-18,28-29H,6H2,1-5H3,(H,32,36)/t28-,29+/m1/s1. The number of ether oxygens (including phenoxy) is 1. The summed E-state index contributed by atoms with van der Waals surface area (Å²) in [5.41, 5.74) is 9.30. The Bertz CT molecular complexity index is 1370. The first-order valence-corrected chi connectivity index (χ1v) is 12.8. The van der Waals surface area contributed by atoms with Crippen LogP contribution in [0.5, 0.6) is 5.75 Å². The fourth-order valence-electron chi connectivity index (χ4n) is 5.38. The van der Waals surface area contributed by atoms with E-state index < -0.39 is 0 Å². The van der Waals surface area contributed by atoms with E-state index >= 15 is 0 Å². The molecule has 0 saturated carbocycles. The SMILES string of the molecule is CCOc1ccc(N2C(=S)N[C@H](c3ccccn3)[C@@H]2c2cc(C)n(-c3cc(C)cc(C)c3)c2C)cc1. The summed E-state index contributed by atoms with van der Waals surface area (Å²) in [4.78, 5) is 6.92. The summed E-state index contributed by atoms with van der Waals surface area (Å²) >= 11 is 5.92. The lowest BCUT2D eigenvalue weighted by Crippen LogP contribution is -2.29.